The number of hydrogen-bond donors (Lipinski definition) is 2. The number of likely N-dealkylation sites (tertiary alicyclic amines) is 1. The molecule has 0 aliphatic carbocycles. The largest absolute Gasteiger partial charge is 0.483 e. The zero-order valence-corrected chi connectivity index (χ0v) is 18.3. The van der Waals surface area contributed by atoms with Crippen LogP contribution in [0.15, 0.2) is 24.3 Å². The summed E-state index contributed by atoms with van der Waals surface area (Å²) in [5, 5.41) is 18.8. The number of carbonyl (C=O) groups is 3. The molecule has 4 atom stereocenters. The molecule has 4 heterocycles. The summed E-state index contributed by atoms with van der Waals surface area (Å²) in [6.45, 7) is 5.62. The average Bonchev–Trinajstić information content (AvgIpc) is 3.50. The molecule has 0 radical (unpaired) electrons. The van der Waals surface area contributed by atoms with Gasteiger partial charge < -0.3 is 20.1 Å². The van der Waals surface area contributed by atoms with Gasteiger partial charge in [0.15, 0.2) is 0 Å². The van der Waals surface area contributed by atoms with Crippen LogP contribution < -0.4 is 5.32 Å². The number of nitrogens with one attached hydrogen (secondary N) is 1. The first kappa shape index (κ1) is 22.2. The van der Waals surface area contributed by atoms with Crippen LogP contribution in [0.2, 0.25) is 0 Å². The van der Waals surface area contributed by atoms with Crippen LogP contribution in [-0.2, 0) is 25.7 Å². The monoisotopic (exact) mass is 443 g/mol. The Morgan fingerprint density at radius 3 is 2.59 bits per heavy atom. The molecule has 3 aliphatic rings. The Labute approximate surface area is 185 Å². The van der Waals surface area contributed by atoms with Crippen molar-refractivity contribution >= 4 is 29.3 Å². The minimum absolute atomic E-state index is 0.0195. The third kappa shape index (κ3) is 4.06. The lowest BCUT2D eigenvalue weighted by Gasteiger charge is -2.29. The molecular formula is C22H29N5O5. The number of nitrogens with zero attached hydrogens (tertiary/aromatic N) is 4. The topological polar surface area (TPSA) is 127 Å². The summed E-state index contributed by atoms with van der Waals surface area (Å²) in [7, 11) is 0. The van der Waals surface area contributed by atoms with E-state index >= 15 is 0 Å². The first-order valence-corrected chi connectivity index (χ1v) is 11.0. The number of hydrogen-bond acceptors (Lipinski definition) is 6. The second-order valence-electron chi connectivity index (χ2n) is 9.03. The number of ether oxygens (including phenoxy) is 1. The summed E-state index contributed by atoms with van der Waals surface area (Å²) in [6.07, 6.45) is 2.19. The fraction of sp³-hybridized carbons (Fsp3) is 0.591. The Morgan fingerprint density at radius 2 is 1.97 bits per heavy atom. The van der Waals surface area contributed by atoms with Gasteiger partial charge in [-0.1, -0.05) is 26.0 Å². The lowest BCUT2D eigenvalue weighted by molar-refractivity contribution is -0.133. The van der Waals surface area contributed by atoms with Gasteiger partial charge in [0.1, 0.15) is 17.6 Å². The molecule has 0 saturated carbocycles. The molecule has 2 N–H and O–H groups in total. The standard InChI is InChI=1S/C21H27N5O3.CH2O2/c1-13(2)20(28)22-9-14-15-10-25(12-21(15)8-7-18(14)29-21)19(27)11-26-23-16-5-3-4-6-17(16)24-26;2-1-3/h3-6,13-15,18H,7-12H2,1-2H3,(H,22,28);1H,(H,2,3)/t14-,15+,18+,21+;/m0./s1. The number of fused-ring (bicyclic) bond motifs is 2. The summed E-state index contributed by atoms with van der Waals surface area (Å²) in [4.78, 5) is 36.7. The molecule has 172 valence electrons. The third-order valence-electron chi connectivity index (χ3n) is 6.78. The number of rotatable bonds is 5. The van der Waals surface area contributed by atoms with Crippen molar-refractivity contribution in [2.45, 2.75) is 44.9 Å². The maximum atomic E-state index is 13.0. The smallest absolute Gasteiger partial charge is 0.290 e. The van der Waals surface area contributed by atoms with Crippen LogP contribution in [0.1, 0.15) is 26.7 Å². The molecule has 1 spiro atoms. The van der Waals surface area contributed by atoms with Crippen molar-refractivity contribution in [2.24, 2.45) is 17.8 Å². The Kier molecular flexibility index (Phi) is 6.14. The highest BCUT2D eigenvalue weighted by Crippen LogP contribution is 2.54. The SMILES string of the molecule is CC(C)C(=O)NC[C@H]1[C@H]2CN(C(=O)Cn3nc4ccccc4n3)C[C@]23CC[C@H]1O3.O=CO. The molecule has 10 heteroatoms. The van der Waals surface area contributed by atoms with E-state index in [2.05, 4.69) is 15.5 Å². The molecule has 1 aromatic carbocycles. The molecule has 3 fully saturated rings. The van der Waals surface area contributed by atoms with E-state index in [4.69, 9.17) is 14.6 Å². The van der Waals surface area contributed by atoms with E-state index in [9.17, 15) is 9.59 Å². The second-order valence-corrected chi connectivity index (χ2v) is 9.03. The van der Waals surface area contributed by atoms with Crippen LogP contribution in [0.25, 0.3) is 11.0 Å². The molecular weight excluding hydrogens is 414 g/mol. The molecule has 0 unspecified atom stereocenters. The highest BCUT2D eigenvalue weighted by atomic mass is 16.5. The summed E-state index contributed by atoms with van der Waals surface area (Å²) < 4.78 is 6.38. The fourth-order valence-electron chi connectivity index (χ4n) is 5.27. The first-order chi connectivity index (χ1) is 15.4. The Morgan fingerprint density at radius 1 is 1.31 bits per heavy atom. The van der Waals surface area contributed by atoms with Crippen molar-refractivity contribution in [3.8, 4) is 0 Å². The average molecular weight is 444 g/mol. The Hall–Kier alpha value is -3.01. The van der Waals surface area contributed by atoms with Crippen LogP contribution >= 0.6 is 0 Å². The minimum atomic E-state index is -0.250. The van der Waals surface area contributed by atoms with E-state index in [0.29, 0.717) is 19.6 Å². The highest BCUT2D eigenvalue weighted by Gasteiger charge is 2.63. The molecule has 1 aromatic heterocycles. The molecule has 2 bridgehead atoms. The van der Waals surface area contributed by atoms with E-state index < -0.39 is 0 Å². The molecule has 2 amide bonds. The van der Waals surface area contributed by atoms with Gasteiger partial charge in [-0.05, 0) is 25.0 Å². The molecule has 3 saturated heterocycles. The quantitative estimate of drug-likeness (QED) is 0.658. The molecule has 2 aromatic rings. The van der Waals surface area contributed by atoms with Gasteiger partial charge >= 0.3 is 0 Å². The number of carbonyl (C=O) groups excluding carboxylic acids is 2. The molecule has 32 heavy (non-hydrogen) atoms. The maximum Gasteiger partial charge on any atom is 0.290 e. The molecule has 10 nitrogen and oxygen atoms in total. The van der Waals surface area contributed by atoms with E-state index in [1.54, 1.807) is 0 Å². The first-order valence-electron chi connectivity index (χ1n) is 11.0. The number of benzene rings is 1. The van der Waals surface area contributed by atoms with Crippen LogP contribution in [0.3, 0.4) is 0 Å². The summed E-state index contributed by atoms with van der Waals surface area (Å²) in [6, 6.07) is 7.61. The summed E-state index contributed by atoms with van der Waals surface area (Å²) in [5.41, 5.74) is 1.34. The van der Waals surface area contributed by atoms with Crippen molar-refractivity contribution in [2.75, 3.05) is 19.6 Å². The fourth-order valence-corrected chi connectivity index (χ4v) is 5.27. The van der Waals surface area contributed by atoms with Crippen molar-refractivity contribution in [3.63, 3.8) is 0 Å². The minimum Gasteiger partial charge on any atom is -0.483 e. The van der Waals surface area contributed by atoms with Crippen molar-refractivity contribution in [3.05, 3.63) is 24.3 Å². The van der Waals surface area contributed by atoms with Gasteiger partial charge in [0.05, 0.1) is 18.2 Å². The van der Waals surface area contributed by atoms with Crippen molar-refractivity contribution in [1.29, 1.82) is 0 Å². The van der Waals surface area contributed by atoms with Crippen LogP contribution in [-0.4, -0.2) is 74.6 Å². The van der Waals surface area contributed by atoms with Crippen molar-refractivity contribution < 1.29 is 24.2 Å². The zero-order chi connectivity index (χ0) is 22.9. The van der Waals surface area contributed by atoms with Gasteiger partial charge in [-0.15, -0.1) is 0 Å². The molecule has 3 aliphatic heterocycles. The Bertz CT molecular complexity index is 975. The highest BCUT2D eigenvalue weighted by molar-refractivity contribution is 5.78. The van der Waals surface area contributed by atoms with E-state index in [0.717, 1.165) is 23.9 Å². The van der Waals surface area contributed by atoms with E-state index in [-0.39, 0.29) is 54.3 Å². The Balaban J connectivity index is 0.000000775. The van der Waals surface area contributed by atoms with Crippen LogP contribution in [0, 0.1) is 17.8 Å². The van der Waals surface area contributed by atoms with Gasteiger partial charge in [-0.2, -0.15) is 15.0 Å². The molecule has 5 rings (SSSR count). The van der Waals surface area contributed by atoms with E-state index in [1.807, 2.05) is 43.0 Å². The van der Waals surface area contributed by atoms with E-state index in [1.165, 1.54) is 4.80 Å². The maximum absolute atomic E-state index is 13.0. The van der Waals surface area contributed by atoms with Crippen LogP contribution in [0.5, 0.6) is 0 Å². The normalized spacial score (nSPS) is 27.8. The van der Waals surface area contributed by atoms with Crippen molar-refractivity contribution in [1.82, 2.24) is 25.2 Å². The number of carboxylic acid groups (broad SMARTS) is 1. The van der Waals surface area contributed by atoms with Gasteiger partial charge in [0.2, 0.25) is 11.8 Å². The lowest BCUT2D eigenvalue weighted by atomic mass is 9.73. The van der Waals surface area contributed by atoms with Gasteiger partial charge in [0.25, 0.3) is 6.47 Å². The number of amides is 2. The zero-order valence-electron chi connectivity index (χ0n) is 18.3. The lowest BCUT2D eigenvalue weighted by Crippen LogP contribution is -2.42. The summed E-state index contributed by atoms with van der Waals surface area (Å²) >= 11 is 0. The summed E-state index contributed by atoms with van der Waals surface area (Å²) in [5.74, 6) is 0.620. The number of aromatic nitrogens is 3. The van der Waals surface area contributed by atoms with Crippen LogP contribution in [0.4, 0.5) is 0 Å². The predicted molar refractivity (Wildman–Crippen MR) is 114 cm³/mol. The van der Waals surface area contributed by atoms with Gasteiger partial charge in [-0.3, -0.25) is 14.4 Å². The third-order valence-corrected chi connectivity index (χ3v) is 6.78. The van der Waals surface area contributed by atoms with Gasteiger partial charge in [0, 0.05) is 30.8 Å². The second kappa shape index (κ2) is 8.85. The predicted octanol–water partition coefficient (Wildman–Crippen LogP) is 0.910. The van der Waals surface area contributed by atoms with Gasteiger partial charge in [-0.25, -0.2) is 0 Å².